The smallest absolute Gasteiger partial charge is 0.119 e. The molecule has 2 aromatic rings. The zero-order valence-electron chi connectivity index (χ0n) is 13.0. The van der Waals surface area contributed by atoms with Gasteiger partial charge in [-0.3, -0.25) is 5.84 Å². The zero-order chi connectivity index (χ0) is 15.2. The first-order chi connectivity index (χ1) is 10.1. The van der Waals surface area contributed by atoms with Crippen LogP contribution >= 0.6 is 0 Å². The number of nitrogens with two attached hydrogens (primary N) is 1. The van der Waals surface area contributed by atoms with Gasteiger partial charge in [0.2, 0.25) is 0 Å². The molecule has 0 aliphatic carbocycles. The van der Waals surface area contributed by atoms with Crippen LogP contribution in [0.4, 0.5) is 0 Å². The molecule has 0 fully saturated rings. The van der Waals surface area contributed by atoms with Crippen molar-refractivity contribution in [3.8, 4) is 5.75 Å². The van der Waals surface area contributed by atoms with E-state index in [1.807, 2.05) is 12.1 Å². The highest BCUT2D eigenvalue weighted by molar-refractivity contribution is 5.39. The molecule has 0 aliphatic heterocycles. The monoisotopic (exact) mass is 284 g/mol. The van der Waals surface area contributed by atoms with Gasteiger partial charge >= 0.3 is 0 Å². The number of benzene rings is 2. The summed E-state index contributed by atoms with van der Waals surface area (Å²) in [5.74, 6) is 6.68. The van der Waals surface area contributed by atoms with Crippen LogP contribution in [0.5, 0.6) is 5.75 Å². The number of hydrogen-bond acceptors (Lipinski definition) is 3. The lowest BCUT2D eigenvalue weighted by atomic mass is 9.96. The van der Waals surface area contributed by atoms with Gasteiger partial charge in [0.15, 0.2) is 0 Å². The number of ether oxygens (including phenoxy) is 1. The van der Waals surface area contributed by atoms with E-state index >= 15 is 0 Å². The van der Waals surface area contributed by atoms with Crippen molar-refractivity contribution in [1.82, 2.24) is 5.43 Å². The molecule has 2 rings (SSSR count). The first-order valence-corrected chi connectivity index (χ1v) is 7.41. The topological polar surface area (TPSA) is 47.3 Å². The second-order valence-electron chi connectivity index (χ2n) is 5.44. The summed E-state index contributed by atoms with van der Waals surface area (Å²) >= 11 is 0. The molecule has 2 aromatic carbocycles. The number of hydrazine groups is 1. The summed E-state index contributed by atoms with van der Waals surface area (Å²) in [5.41, 5.74) is 7.67. The fourth-order valence-corrected chi connectivity index (χ4v) is 2.57. The molecule has 1 unspecified atom stereocenters. The predicted octanol–water partition coefficient (Wildman–Crippen LogP) is 3.64. The van der Waals surface area contributed by atoms with Gasteiger partial charge in [0.25, 0.3) is 0 Å². The van der Waals surface area contributed by atoms with E-state index < -0.39 is 0 Å². The molecule has 1 atom stereocenters. The molecule has 112 valence electrons. The lowest BCUT2D eigenvalue weighted by molar-refractivity contribution is 0.317. The average molecular weight is 284 g/mol. The Bertz CT molecular complexity index is 575. The van der Waals surface area contributed by atoms with Crippen molar-refractivity contribution in [3.05, 3.63) is 64.7 Å². The number of rotatable bonds is 6. The third kappa shape index (κ3) is 4.06. The highest BCUT2D eigenvalue weighted by Crippen LogP contribution is 2.26. The van der Waals surface area contributed by atoms with Gasteiger partial charge in [0, 0.05) is 0 Å². The van der Waals surface area contributed by atoms with E-state index in [2.05, 4.69) is 56.5 Å². The summed E-state index contributed by atoms with van der Waals surface area (Å²) in [6, 6.07) is 14.6. The minimum Gasteiger partial charge on any atom is -0.494 e. The van der Waals surface area contributed by atoms with Crippen LogP contribution in [0.3, 0.4) is 0 Å². The number of aryl methyl sites for hydroxylation is 2. The highest BCUT2D eigenvalue weighted by Gasteiger charge is 2.13. The van der Waals surface area contributed by atoms with Crippen LogP contribution in [0.15, 0.2) is 42.5 Å². The molecule has 0 spiro atoms. The van der Waals surface area contributed by atoms with Crippen molar-refractivity contribution < 1.29 is 4.74 Å². The molecule has 0 aromatic heterocycles. The Kier molecular flexibility index (Phi) is 5.37. The van der Waals surface area contributed by atoms with Crippen molar-refractivity contribution in [2.45, 2.75) is 33.2 Å². The molecule has 0 amide bonds. The number of hydrogen-bond donors (Lipinski definition) is 2. The molecule has 0 aliphatic rings. The summed E-state index contributed by atoms with van der Waals surface area (Å²) in [5, 5.41) is 0. The van der Waals surface area contributed by atoms with Crippen molar-refractivity contribution in [3.63, 3.8) is 0 Å². The lowest BCUT2D eigenvalue weighted by Crippen LogP contribution is -2.29. The Labute approximate surface area is 127 Å². The van der Waals surface area contributed by atoms with E-state index in [4.69, 9.17) is 10.6 Å². The van der Waals surface area contributed by atoms with Crippen molar-refractivity contribution in [2.75, 3.05) is 6.61 Å². The van der Waals surface area contributed by atoms with Crippen LogP contribution in [0.25, 0.3) is 0 Å². The van der Waals surface area contributed by atoms with Gasteiger partial charge < -0.3 is 4.74 Å². The third-order valence-corrected chi connectivity index (χ3v) is 3.41. The summed E-state index contributed by atoms with van der Waals surface area (Å²) in [4.78, 5) is 0. The van der Waals surface area contributed by atoms with Crippen LogP contribution in [0, 0.1) is 13.8 Å². The van der Waals surface area contributed by atoms with Crippen LogP contribution < -0.4 is 16.0 Å². The zero-order valence-corrected chi connectivity index (χ0v) is 13.0. The van der Waals surface area contributed by atoms with Crippen molar-refractivity contribution >= 4 is 0 Å². The minimum atomic E-state index is -0.0335. The van der Waals surface area contributed by atoms with E-state index in [9.17, 15) is 0 Å². The standard InChI is InChI=1S/C18H24N2O/c1-4-8-21-17-7-5-6-15(12-17)18(20-19)16-10-13(2)9-14(3)11-16/h5-7,9-12,18,20H,4,8,19H2,1-3H3. The molecular formula is C18H24N2O. The Hall–Kier alpha value is -1.84. The van der Waals surface area contributed by atoms with Crippen LogP contribution in [-0.4, -0.2) is 6.61 Å². The first kappa shape index (κ1) is 15.5. The van der Waals surface area contributed by atoms with E-state index in [0.29, 0.717) is 0 Å². The molecule has 0 radical (unpaired) electrons. The van der Waals surface area contributed by atoms with Gasteiger partial charge in [-0.1, -0.05) is 48.4 Å². The van der Waals surface area contributed by atoms with E-state index in [1.54, 1.807) is 0 Å². The summed E-state index contributed by atoms with van der Waals surface area (Å²) < 4.78 is 5.71. The van der Waals surface area contributed by atoms with E-state index in [0.717, 1.165) is 24.3 Å². The van der Waals surface area contributed by atoms with E-state index in [1.165, 1.54) is 16.7 Å². The van der Waals surface area contributed by atoms with Gasteiger partial charge in [-0.25, -0.2) is 5.43 Å². The second-order valence-corrected chi connectivity index (χ2v) is 5.44. The van der Waals surface area contributed by atoms with Crippen molar-refractivity contribution in [2.24, 2.45) is 5.84 Å². The average Bonchev–Trinajstić information content (AvgIpc) is 2.45. The summed E-state index contributed by atoms with van der Waals surface area (Å²) in [6.07, 6.45) is 1.000. The molecule has 0 bridgehead atoms. The van der Waals surface area contributed by atoms with Gasteiger partial charge in [-0.15, -0.1) is 0 Å². The Morgan fingerprint density at radius 1 is 1.05 bits per heavy atom. The van der Waals surface area contributed by atoms with Crippen LogP contribution in [-0.2, 0) is 0 Å². The number of nitrogens with one attached hydrogen (secondary N) is 1. The molecule has 0 heterocycles. The van der Waals surface area contributed by atoms with Crippen LogP contribution in [0.1, 0.15) is 41.6 Å². The fraction of sp³-hybridized carbons (Fsp3) is 0.333. The quantitative estimate of drug-likeness (QED) is 0.629. The largest absolute Gasteiger partial charge is 0.494 e. The maximum atomic E-state index is 5.80. The summed E-state index contributed by atoms with van der Waals surface area (Å²) in [6.45, 7) is 7.03. The first-order valence-electron chi connectivity index (χ1n) is 7.41. The molecule has 0 saturated carbocycles. The van der Waals surface area contributed by atoms with Crippen molar-refractivity contribution in [1.29, 1.82) is 0 Å². The summed E-state index contributed by atoms with van der Waals surface area (Å²) in [7, 11) is 0. The minimum absolute atomic E-state index is 0.0335. The maximum Gasteiger partial charge on any atom is 0.119 e. The molecule has 21 heavy (non-hydrogen) atoms. The molecule has 3 N–H and O–H groups in total. The molecule has 3 heteroatoms. The lowest BCUT2D eigenvalue weighted by Gasteiger charge is -2.19. The molecule has 0 saturated heterocycles. The predicted molar refractivity (Wildman–Crippen MR) is 87.3 cm³/mol. The molecule has 3 nitrogen and oxygen atoms in total. The second kappa shape index (κ2) is 7.25. The maximum absolute atomic E-state index is 5.80. The Morgan fingerprint density at radius 3 is 2.38 bits per heavy atom. The Balaban J connectivity index is 2.32. The van der Waals surface area contributed by atoms with Gasteiger partial charge in [-0.2, -0.15) is 0 Å². The fourth-order valence-electron chi connectivity index (χ4n) is 2.57. The normalized spacial score (nSPS) is 12.2. The van der Waals surface area contributed by atoms with Crippen LogP contribution in [0.2, 0.25) is 0 Å². The SMILES string of the molecule is CCCOc1cccc(C(NN)c2cc(C)cc(C)c2)c1. The van der Waals surface area contributed by atoms with Gasteiger partial charge in [0.05, 0.1) is 12.6 Å². The van der Waals surface area contributed by atoms with Gasteiger partial charge in [-0.05, 0) is 43.5 Å². The molecular weight excluding hydrogens is 260 g/mol. The van der Waals surface area contributed by atoms with Gasteiger partial charge in [0.1, 0.15) is 5.75 Å². The van der Waals surface area contributed by atoms with E-state index in [-0.39, 0.29) is 6.04 Å². The third-order valence-electron chi connectivity index (χ3n) is 3.41. The Morgan fingerprint density at radius 2 is 1.76 bits per heavy atom. The highest BCUT2D eigenvalue weighted by atomic mass is 16.5.